The number of halogens is 2. The van der Waals surface area contributed by atoms with Crippen LogP contribution < -0.4 is 15.8 Å². The Balaban J connectivity index is 1.89. The molecule has 31 heavy (non-hydrogen) atoms. The molecule has 0 aliphatic heterocycles. The van der Waals surface area contributed by atoms with Crippen molar-refractivity contribution in [2.45, 2.75) is 12.5 Å². The van der Waals surface area contributed by atoms with E-state index in [1.807, 2.05) is 19.0 Å². The third-order valence-corrected chi connectivity index (χ3v) is 5.15. The summed E-state index contributed by atoms with van der Waals surface area (Å²) in [6, 6.07) is 11.9. The average molecular weight is 463 g/mol. The number of amides is 1. The van der Waals surface area contributed by atoms with Gasteiger partial charge in [0.25, 0.3) is 11.5 Å². The number of hydrogen-bond donors (Lipinski definition) is 3. The number of rotatable bonds is 7. The lowest BCUT2D eigenvalue weighted by Gasteiger charge is -2.20. The molecule has 162 valence electrons. The van der Waals surface area contributed by atoms with E-state index in [1.165, 1.54) is 4.68 Å². The normalized spacial score (nSPS) is 11.7. The molecule has 8 nitrogen and oxygen atoms in total. The fourth-order valence-corrected chi connectivity index (χ4v) is 3.54. The molecule has 0 aliphatic rings. The summed E-state index contributed by atoms with van der Waals surface area (Å²) in [4.78, 5) is 38.4. The molecule has 10 heteroatoms. The largest absolute Gasteiger partial charge is 0.481 e. The number of aromatic nitrogens is 2. The zero-order valence-corrected chi connectivity index (χ0v) is 18.2. The third kappa shape index (κ3) is 5.28. The van der Waals surface area contributed by atoms with Crippen LogP contribution in [-0.2, 0) is 4.79 Å². The first-order chi connectivity index (χ1) is 14.7. The number of carboxylic acid groups (broad SMARTS) is 1. The van der Waals surface area contributed by atoms with Gasteiger partial charge in [-0.2, -0.15) is 0 Å². The monoisotopic (exact) mass is 462 g/mol. The number of carbonyl (C=O) groups is 2. The zero-order valence-electron chi connectivity index (χ0n) is 16.7. The van der Waals surface area contributed by atoms with Gasteiger partial charge in [0.05, 0.1) is 18.2 Å². The summed E-state index contributed by atoms with van der Waals surface area (Å²) in [7, 11) is 3.70. The third-order valence-electron chi connectivity index (χ3n) is 4.59. The van der Waals surface area contributed by atoms with Crippen LogP contribution in [-0.4, -0.2) is 40.9 Å². The van der Waals surface area contributed by atoms with E-state index in [1.54, 1.807) is 42.5 Å². The highest BCUT2D eigenvalue weighted by Gasteiger charge is 2.23. The molecule has 0 spiro atoms. The van der Waals surface area contributed by atoms with Gasteiger partial charge in [0.1, 0.15) is 5.69 Å². The summed E-state index contributed by atoms with van der Waals surface area (Å²) in [6.07, 6.45) is -0.383. The second kappa shape index (κ2) is 9.28. The predicted molar refractivity (Wildman–Crippen MR) is 120 cm³/mol. The van der Waals surface area contributed by atoms with Crippen LogP contribution in [0.15, 0.2) is 53.3 Å². The molecule has 3 N–H and O–H groups in total. The van der Waals surface area contributed by atoms with Gasteiger partial charge in [0.15, 0.2) is 0 Å². The molecule has 0 radical (unpaired) electrons. The van der Waals surface area contributed by atoms with Crippen LogP contribution in [0.5, 0.6) is 0 Å². The molecule has 0 bridgehead atoms. The van der Waals surface area contributed by atoms with Crippen LogP contribution in [0.25, 0.3) is 5.69 Å². The molecular formula is C21H20Cl2N4O4. The van der Waals surface area contributed by atoms with Gasteiger partial charge >= 0.3 is 5.97 Å². The van der Waals surface area contributed by atoms with Gasteiger partial charge in [-0.25, -0.2) is 4.68 Å². The minimum atomic E-state index is -1.11. The molecule has 0 aliphatic carbocycles. The SMILES string of the molecule is CN(C)c1ccc(C(CC(=O)O)NC(=O)c2cc(=O)n(-c3cccc(Cl)c3)[nH]2)c(Cl)c1. The number of nitrogens with one attached hydrogen (secondary N) is 2. The molecule has 0 saturated heterocycles. The second-order valence-corrected chi connectivity index (χ2v) is 7.89. The summed E-state index contributed by atoms with van der Waals surface area (Å²) in [5.41, 5.74) is 1.26. The zero-order chi connectivity index (χ0) is 22.7. The number of benzene rings is 2. The summed E-state index contributed by atoms with van der Waals surface area (Å²) >= 11 is 12.3. The molecule has 1 heterocycles. The molecule has 1 atom stereocenters. The molecule has 0 saturated carbocycles. The highest BCUT2D eigenvalue weighted by molar-refractivity contribution is 6.31. The fraction of sp³-hybridized carbons (Fsp3) is 0.190. The topological polar surface area (TPSA) is 107 Å². The van der Waals surface area contributed by atoms with Crippen molar-refractivity contribution < 1.29 is 14.7 Å². The molecule has 3 rings (SSSR count). The van der Waals surface area contributed by atoms with E-state index in [0.717, 1.165) is 11.8 Å². The van der Waals surface area contributed by atoms with E-state index in [2.05, 4.69) is 10.4 Å². The van der Waals surface area contributed by atoms with Crippen molar-refractivity contribution >= 4 is 40.8 Å². The quantitative estimate of drug-likeness (QED) is 0.498. The van der Waals surface area contributed by atoms with Crippen molar-refractivity contribution in [3.05, 3.63) is 80.2 Å². The Morgan fingerprint density at radius 2 is 1.90 bits per heavy atom. The van der Waals surface area contributed by atoms with Crippen LogP contribution in [0, 0.1) is 0 Å². The Labute approximate surface area is 188 Å². The van der Waals surface area contributed by atoms with Gasteiger partial charge in [0.2, 0.25) is 0 Å². The van der Waals surface area contributed by atoms with E-state index in [4.69, 9.17) is 23.2 Å². The summed E-state index contributed by atoms with van der Waals surface area (Å²) < 4.78 is 1.17. The maximum absolute atomic E-state index is 12.8. The van der Waals surface area contributed by atoms with Gasteiger partial charge in [-0.05, 0) is 35.9 Å². The molecule has 0 fully saturated rings. The number of aromatic amines is 1. The Morgan fingerprint density at radius 1 is 1.16 bits per heavy atom. The minimum absolute atomic E-state index is 0.0265. The average Bonchev–Trinajstić information content (AvgIpc) is 3.09. The van der Waals surface area contributed by atoms with Crippen LogP contribution >= 0.6 is 23.2 Å². The van der Waals surface area contributed by atoms with Gasteiger partial charge in [-0.1, -0.05) is 35.3 Å². The van der Waals surface area contributed by atoms with Crippen molar-refractivity contribution in [1.29, 1.82) is 0 Å². The Hall–Kier alpha value is -3.23. The number of hydrogen-bond acceptors (Lipinski definition) is 4. The summed E-state index contributed by atoms with van der Waals surface area (Å²) in [6.45, 7) is 0. The molecule has 2 aromatic carbocycles. The summed E-state index contributed by atoms with van der Waals surface area (Å²) in [5, 5.41) is 15.4. The Morgan fingerprint density at radius 3 is 2.52 bits per heavy atom. The molecule has 1 unspecified atom stereocenters. The number of H-pyrrole nitrogens is 1. The van der Waals surface area contributed by atoms with E-state index in [-0.39, 0.29) is 12.1 Å². The smallest absolute Gasteiger partial charge is 0.305 e. The molecule has 1 aromatic heterocycles. The lowest BCUT2D eigenvalue weighted by atomic mass is 10.0. The molecular weight excluding hydrogens is 443 g/mol. The highest BCUT2D eigenvalue weighted by atomic mass is 35.5. The van der Waals surface area contributed by atoms with Gasteiger partial charge in [0, 0.05) is 35.9 Å². The van der Waals surface area contributed by atoms with Gasteiger partial charge in [-0.15, -0.1) is 0 Å². The van der Waals surface area contributed by atoms with Crippen LogP contribution in [0.1, 0.15) is 28.5 Å². The predicted octanol–water partition coefficient (Wildman–Crippen LogP) is 3.48. The van der Waals surface area contributed by atoms with Crippen molar-refractivity contribution in [3.63, 3.8) is 0 Å². The van der Waals surface area contributed by atoms with Crippen molar-refractivity contribution in [1.82, 2.24) is 15.1 Å². The van der Waals surface area contributed by atoms with E-state index < -0.39 is 23.5 Å². The van der Waals surface area contributed by atoms with Crippen LogP contribution in [0.3, 0.4) is 0 Å². The lowest BCUT2D eigenvalue weighted by Crippen LogP contribution is -2.31. The highest BCUT2D eigenvalue weighted by Crippen LogP contribution is 2.29. The first kappa shape index (κ1) is 22.5. The van der Waals surface area contributed by atoms with Crippen molar-refractivity contribution in [2.75, 3.05) is 19.0 Å². The van der Waals surface area contributed by atoms with E-state index >= 15 is 0 Å². The number of nitrogens with zero attached hydrogens (tertiary/aromatic N) is 2. The van der Waals surface area contributed by atoms with Gasteiger partial charge in [-0.3, -0.25) is 19.5 Å². The minimum Gasteiger partial charge on any atom is -0.481 e. The number of aliphatic carboxylic acids is 1. The Kier molecular flexibility index (Phi) is 6.72. The first-order valence-electron chi connectivity index (χ1n) is 9.23. The number of carboxylic acids is 1. The van der Waals surface area contributed by atoms with Crippen molar-refractivity contribution in [3.8, 4) is 5.69 Å². The van der Waals surface area contributed by atoms with Crippen LogP contribution in [0.2, 0.25) is 10.0 Å². The van der Waals surface area contributed by atoms with E-state index in [0.29, 0.717) is 21.3 Å². The standard InChI is InChI=1S/C21H20Cl2N4O4/c1-26(2)13-6-7-15(16(23)9-13)17(11-20(29)30)24-21(31)18-10-19(28)27(25-18)14-5-3-4-12(22)8-14/h3-10,17,25H,11H2,1-2H3,(H,24,31)(H,29,30). The van der Waals surface area contributed by atoms with Crippen molar-refractivity contribution in [2.24, 2.45) is 0 Å². The fourth-order valence-electron chi connectivity index (χ4n) is 3.05. The first-order valence-corrected chi connectivity index (χ1v) is 9.98. The molecule has 3 aromatic rings. The van der Waals surface area contributed by atoms with E-state index in [9.17, 15) is 19.5 Å². The summed E-state index contributed by atoms with van der Waals surface area (Å²) in [5.74, 6) is -1.75. The lowest BCUT2D eigenvalue weighted by molar-refractivity contribution is -0.137. The second-order valence-electron chi connectivity index (χ2n) is 7.05. The number of carbonyl (C=O) groups excluding carboxylic acids is 1. The van der Waals surface area contributed by atoms with Gasteiger partial charge < -0.3 is 15.3 Å². The maximum atomic E-state index is 12.8. The maximum Gasteiger partial charge on any atom is 0.305 e. The Bertz CT molecular complexity index is 1190. The van der Waals surface area contributed by atoms with Crippen LogP contribution in [0.4, 0.5) is 5.69 Å². The molecule has 1 amide bonds. The number of anilines is 1.